The first-order valence-corrected chi connectivity index (χ1v) is 10.4. The molecule has 0 spiro atoms. The van der Waals surface area contributed by atoms with Crippen molar-refractivity contribution >= 4 is 63.0 Å². The van der Waals surface area contributed by atoms with Crippen LogP contribution in [0.4, 0.5) is 10.8 Å². The van der Waals surface area contributed by atoms with Crippen molar-refractivity contribution in [2.24, 2.45) is 0 Å². The number of hydrogen-bond donors (Lipinski definition) is 1. The third-order valence-electron chi connectivity index (χ3n) is 3.66. The molecule has 0 aliphatic rings. The van der Waals surface area contributed by atoms with Crippen LogP contribution in [0.15, 0.2) is 40.7 Å². The maximum Gasteiger partial charge on any atom is 0.273 e. The minimum atomic E-state index is -0.520. The Kier molecular flexibility index (Phi) is 6.50. The Labute approximate surface area is 178 Å². The zero-order valence-corrected chi connectivity index (χ0v) is 17.5. The van der Waals surface area contributed by atoms with Crippen LogP contribution in [-0.2, 0) is 5.75 Å². The minimum absolute atomic E-state index is 0.110. The zero-order chi connectivity index (χ0) is 20.3. The molecule has 0 unspecified atom stereocenters. The van der Waals surface area contributed by atoms with Crippen LogP contribution < -0.4 is 5.32 Å². The lowest BCUT2D eigenvalue weighted by molar-refractivity contribution is -0.385. The number of halogens is 2. The Morgan fingerprint density at radius 3 is 2.75 bits per heavy atom. The first kappa shape index (κ1) is 20.5. The van der Waals surface area contributed by atoms with Crippen molar-refractivity contribution in [3.8, 4) is 0 Å². The summed E-state index contributed by atoms with van der Waals surface area (Å²) in [6.07, 6.45) is 0. The third-order valence-corrected chi connectivity index (χ3v) is 6.27. The van der Waals surface area contributed by atoms with E-state index in [0.717, 1.165) is 5.56 Å². The van der Waals surface area contributed by atoms with Gasteiger partial charge in [0.05, 0.1) is 4.92 Å². The highest BCUT2D eigenvalue weighted by Gasteiger charge is 2.16. The fraction of sp³-hybridized carbons (Fsp3) is 0.118. The van der Waals surface area contributed by atoms with Crippen LogP contribution in [-0.4, -0.2) is 21.0 Å². The lowest BCUT2D eigenvalue weighted by atomic mass is 10.1. The first-order chi connectivity index (χ1) is 13.3. The Hall–Kier alpha value is -2.20. The number of nitro groups is 1. The molecule has 1 amide bonds. The number of nitrogens with one attached hydrogen (secondary N) is 1. The first-order valence-electron chi connectivity index (χ1n) is 7.80. The molecule has 0 aliphatic carbocycles. The smallest absolute Gasteiger partial charge is 0.273 e. The largest absolute Gasteiger partial charge is 0.296 e. The highest BCUT2D eigenvalue weighted by molar-refractivity contribution is 8.00. The van der Waals surface area contributed by atoms with Gasteiger partial charge in [0.25, 0.3) is 11.6 Å². The summed E-state index contributed by atoms with van der Waals surface area (Å²) >= 11 is 14.7. The highest BCUT2D eigenvalue weighted by Crippen LogP contribution is 2.31. The van der Waals surface area contributed by atoms with Crippen LogP contribution in [0.25, 0.3) is 0 Å². The van der Waals surface area contributed by atoms with E-state index in [1.54, 1.807) is 19.1 Å². The number of anilines is 1. The summed E-state index contributed by atoms with van der Waals surface area (Å²) in [6.45, 7) is 1.61. The molecule has 7 nitrogen and oxygen atoms in total. The van der Waals surface area contributed by atoms with Crippen LogP contribution in [0.1, 0.15) is 21.5 Å². The summed E-state index contributed by atoms with van der Waals surface area (Å²) < 4.78 is 0.649. The maximum atomic E-state index is 12.3. The number of nitro benzene ring substituents is 1. The number of hydrogen-bond acceptors (Lipinski definition) is 7. The average Bonchev–Trinajstić information content (AvgIpc) is 3.08. The van der Waals surface area contributed by atoms with Crippen LogP contribution in [0.3, 0.4) is 0 Å². The van der Waals surface area contributed by atoms with Gasteiger partial charge in [0, 0.05) is 33.0 Å². The monoisotopic (exact) mass is 454 g/mol. The molecular formula is C17H12Cl2N4O3S2. The van der Waals surface area contributed by atoms with E-state index in [0.29, 0.717) is 30.8 Å². The molecule has 0 bridgehead atoms. The Bertz CT molecular complexity index is 1060. The van der Waals surface area contributed by atoms with Gasteiger partial charge in [-0.2, -0.15) is 0 Å². The molecule has 0 saturated carbocycles. The maximum absolute atomic E-state index is 12.3. The topological polar surface area (TPSA) is 98.0 Å². The number of amides is 1. The van der Waals surface area contributed by atoms with Gasteiger partial charge in [-0.3, -0.25) is 20.2 Å². The van der Waals surface area contributed by atoms with E-state index < -0.39 is 10.8 Å². The summed E-state index contributed by atoms with van der Waals surface area (Å²) in [5.41, 5.74) is 1.46. The van der Waals surface area contributed by atoms with E-state index in [2.05, 4.69) is 15.5 Å². The van der Waals surface area contributed by atoms with Crippen molar-refractivity contribution in [1.29, 1.82) is 0 Å². The van der Waals surface area contributed by atoms with Gasteiger partial charge >= 0.3 is 0 Å². The molecule has 2 aromatic carbocycles. The van der Waals surface area contributed by atoms with E-state index in [1.165, 1.54) is 41.3 Å². The molecule has 3 aromatic rings. The van der Waals surface area contributed by atoms with Crippen molar-refractivity contribution in [3.63, 3.8) is 0 Å². The van der Waals surface area contributed by atoms with E-state index >= 15 is 0 Å². The van der Waals surface area contributed by atoms with E-state index in [4.69, 9.17) is 23.2 Å². The van der Waals surface area contributed by atoms with Crippen LogP contribution in [0.2, 0.25) is 10.0 Å². The Morgan fingerprint density at radius 1 is 1.25 bits per heavy atom. The number of rotatable bonds is 6. The second-order valence-electron chi connectivity index (χ2n) is 5.61. The highest BCUT2D eigenvalue weighted by atomic mass is 35.5. The van der Waals surface area contributed by atoms with Gasteiger partial charge in [0.2, 0.25) is 5.13 Å². The molecule has 11 heteroatoms. The number of aryl methyl sites for hydroxylation is 1. The number of carbonyl (C=O) groups is 1. The van der Waals surface area contributed by atoms with Crippen molar-refractivity contribution in [2.45, 2.75) is 17.0 Å². The van der Waals surface area contributed by atoms with Crippen LogP contribution in [0.5, 0.6) is 0 Å². The minimum Gasteiger partial charge on any atom is -0.296 e. The predicted octanol–water partition coefficient (Wildman–Crippen LogP) is 5.61. The Balaban J connectivity index is 1.65. The van der Waals surface area contributed by atoms with Gasteiger partial charge in [0.15, 0.2) is 4.34 Å². The third kappa shape index (κ3) is 4.99. The average molecular weight is 455 g/mol. The van der Waals surface area contributed by atoms with E-state index in [-0.39, 0.29) is 11.3 Å². The van der Waals surface area contributed by atoms with E-state index in [9.17, 15) is 14.9 Å². The van der Waals surface area contributed by atoms with Crippen LogP contribution in [0, 0.1) is 17.0 Å². The number of carbonyl (C=O) groups excluding carboxylic acids is 1. The van der Waals surface area contributed by atoms with Gasteiger partial charge in [-0.15, -0.1) is 10.2 Å². The van der Waals surface area contributed by atoms with Gasteiger partial charge in [-0.05, 0) is 30.7 Å². The summed E-state index contributed by atoms with van der Waals surface area (Å²) in [5.74, 6) is 0.0829. The van der Waals surface area contributed by atoms with Gasteiger partial charge < -0.3 is 0 Å². The molecule has 0 atom stereocenters. The molecule has 0 saturated heterocycles. The predicted molar refractivity (Wildman–Crippen MR) is 112 cm³/mol. The fourth-order valence-corrected chi connectivity index (χ4v) is 4.52. The molecule has 1 aromatic heterocycles. The lowest BCUT2D eigenvalue weighted by Crippen LogP contribution is -2.12. The van der Waals surface area contributed by atoms with Crippen molar-refractivity contribution in [2.75, 3.05) is 5.32 Å². The van der Waals surface area contributed by atoms with E-state index in [1.807, 2.05) is 6.07 Å². The molecule has 28 heavy (non-hydrogen) atoms. The summed E-state index contributed by atoms with van der Waals surface area (Å²) in [4.78, 5) is 22.8. The molecule has 0 fully saturated rings. The molecule has 0 radical (unpaired) electrons. The van der Waals surface area contributed by atoms with Gasteiger partial charge in [-0.25, -0.2) is 0 Å². The molecule has 144 valence electrons. The second kappa shape index (κ2) is 8.87. The van der Waals surface area contributed by atoms with Gasteiger partial charge in [0.1, 0.15) is 0 Å². The SMILES string of the molecule is Cc1ccc(C(=O)Nc2nnc(SCc3ccc(Cl)cc3Cl)s2)cc1[N+](=O)[O-]. The molecule has 1 heterocycles. The quantitative estimate of drug-likeness (QED) is 0.225. The van der Waals surface area contributed by atoms with Crippen molar-refractivity contribution in [3.05, 3.63) is 73.2 Å². The standard InChI is InChI=1S/C17H12Cl2N4O3S2/c1-9-2-3-10(6-14(9)23(25)26)15(24)20-16-21-22-17(28-16)27-8-11-4-5-12(18)7-13(11)19/h2-7H,8H2,1H3,(H,20,21,24). The summed E-state index contributed by atoms with van der Waals surface area (Å²) in [5, 5.41) is 23.0. The number of aromatic nitrogens is 2. The second-order valence-corrected chi connectivity index (χ2v) is 8.65. The van der Waals surface area contributed by atoms with Crippen LogP contribution >= 0.6 is 46.3 Å². The molecular weight excluding hydrogens is 443 g/mol. The number of thioether (sulfide) groups is 1. The normalized spacial score (nSPS) is 10.7. The fourth-order valence-electron chi connectivity index (χ4n) is 2.21. The number of benzene rings is 2. The lowest BCUT2D eigenvalue weighted by Gasteiger charge is -2.03. The van der Waals surface area contributed by atoms with Gasteiger partial charge in [-0.1, -0.05) is 58.4 Å². The molecule has 3 rings (SSSR count). The number of nitrogens with zero attached hydrogens (tertiary/aromatic N) is 3. The zero-order valence-electron chi connectivity index (χ0n) is 14.3. The van der Waals surface area contributed by atoms with Crippen molar-refractivity contribution < 1.29 is 9.72 Å². The van der Waals surface area contributed by atoms with Crippen molar-refractivity contribution in [1.82, 2.24) is 10.2 Å². The molecule has 0 aliphatic heterocycles. The Morgan fingerprint density at radius 2 is 2.04 bits per heavy atom. The summed E-state index contributed by atoms with van der Waals surface area (Å²) in [6, 6.07) is 9.57. The molecule has 1 N–H and O–H groups in total. The summed E-state index contributed by atoms with van der Waals surface area (Å²) in [7, 11) is 0.